The summed E-state index contributed by atoms with van der Waals surface area (Å²) < 4.78 is 26.7. The molecular formula is C22H44N2O8. The average molecular weight is 465 g/mol. The molecule has 0 aliphatic carbocycles. The number of rotatable bonds is 21. The molecule has 0 atom stereocenters. The van der Waals surface area contributed by atoms with Crippen LogP contribution >= 0.6 is 0 Å². The molecule has 3 N–H and O–H groups in total. The summed E-state index contributed by atoms with van der Waals surface area (Å²) in [6.07, 6.45) is 3.63. The highest BCUT2D eigenvalue weighted by molar-refractivity contribution is 5.75. The van der Waals surface area contributed by atoms with Gasteiger partial charge in [0.15, 0.2) is 0 Å². The molecule has 32 heavy (non-hydrogen) atoms. The normalized spacial score (nSPS) is 11.4. The third-order valence-electron chi connectivity index (χ3n) is 3.91. The van der Waals surface area contributed by atoms with Gasteiger partial charge in [0.1, 0.15) is 5.60 Å². The van der Waals surface area contributed by atoms with Crippen LogP contribution in [0.1, 0.15) is 52.9 Å². The summed E-state index contributed by atoms with van der Waals surface area (Å²) in [5.41, 5.74) is -0.508. The van der Waals surface area contributed by atoms with Crippen LogP contribution in [0.3, 0.4) is 0 Å². The van der Waals surface area contributed by atoms with E-state index < -0.39 is 11.7 Å². The molecular weight excluding hydrogens is 420 g/mol. The largest absolute Gasteiger partial charge is 0.444 e. The molecule has 0 heterocycles. The van der Waals surface area contributed by atoms with Gasteiger partial charge in [-0.1, -0.05) is 12.8 Å². The Bertz CT molecular complexity index is 458. The van der Waals surface area contributed by atoms with Gasteiger partial charge in [-0.25, -0.2) is 4.79 Å². The van der Waals surface area contributed by atoms with Crippen LogP contribution < -0.4 is 10.6 Å². The predicted molar refractivity (Wildman–Crippen MR) is 121 cm³/mol. The minimum Gasteiger partial charge on any atom is -0.444 e. The minimum absolute atomic E-state index is 0.0364. The Kier molecular flexibility index (Phi) is 20.4. The zero-order chi connectivity index (χ0) is 23.9. The zero-order valence-corrected chi connectivity index (χ0v) is 20.1. The van der Waals surface area contributed by atoms with Crippen LogP contribution in [-0.4, -0.2) is 95.3 Å². The molecule has 0 spiro atoms. The molecule has 0 fully saturated rings. The standard InChI is InChI=1S/C22H44N2O8/c1-22(2,3)32-21(27)24-10-13-29-15-17-31-19-18-30-16-14-28-12-9-23-20(26)8-6-4-5-7-11-25/h25H,4-19H2,1-3H3,(H,23,26)(H,24,27). The van der Waals surface area contributed by atoms with Gasteiger partial charge in [0.05, 0.1) is 52.9 Å². The number of aliphatic hydroxyl groups is 1. The molecule has 0 aromatic carbocycles. The highest BCUT2D eigenvalue weighted by Gasteiger charge is 2.15. The van der Waals surface area contributed by atoms with Crippen molar-refractivity contribution < 1.29 is 38.4 Å². The zero-order valence-electron chi connectivity index (χ0n) is 20.1. The van der Waals surface area contributed by atoms with Crippen molar-refractivity contribution in [3.63, 3.8) is 0 Å². The summed E-state index contributed by atoms with van der Waals surface area (Å²) in [6, 6.07) is 0. The lowest BCUT2D eigenvalue weighted by Gasteiger charge is -2.19. The van der Waals surface area contributed by atoms with Crippen LogP contribution in [0, 0.1) is 0 Å². The number of amides is 2. The van der Waals surface area contributed by atoms with Gasteiger partial charge in [-0.2, -0.15) is 0 Å². The maximum absolute atomic E-state index is 11.6. The highest BCUT2D eigenvalue weighted by atomic mass is 16.6. The molecule has 0 radical (unpaired) electrons. The van der Waals surface area contributed by atoms with E-state index in [9.17, 15) is 9.59 Å². The van der Waals surface area contributed by atoms with Crippen LogP contribution in [0.5, 0.6) is 0 Å². The van der Waals surface area contributed by atoms with Crippen molar-refractivity contribution in [3.05, 3.63) is 0 Å². The van der Waals surface area contributed by atoms with Crippen LogP contribution in [0.2, 0.25) is 0 Å². The number of carbonyl (C=O) groups is 2. The lowest BCUT2D eigenvalue weighted by atomic mass is 10.1. The summed E-state index contributed by atoms with van der Waals surface area (Å²) in [4.78, 5) is 23.0. The Morgan fingerprint density at radius 3 is 1.66 bits per heavy atom. The average Bonchev–Trinajstić information content (AvgIpc) is 2.72. The number of carbonyl (C=O) groups excluding carboxylic acids is 2. The van der Waals surface area contributed by atoms with E-state index in [0.29, 0.717) is 72.4 Å². The molecule has 0 rings (SSSR count). The molecule has 0 aromatic rings. The summed E-state index contributed by atoms with van der Waals surface area (Å²) in [7, 11) is 0. The monoisotopic (exact) mass is 464 g/mol. The lowest BCUT2D eigenvalue weighted by Crippen LogP contribution is -2.34. The Balaban J connectivity index is 3.21. The summed E-state index contributed by atoms with van der Waals surface area (Å²) >= 11 is 0. The van der Waals surface area contributed by atoms with E-state index in [1.807, 2.05) is 20.8 Å². The Labute approximate surface area is 192 Å². The Hall–Kier alpha value is -1.46. The number of aliphatic hydroxyl groups excluding tert-OH is 1. The molecule has 190 valence electrons. The van der Waals surface area contributed by atoms with Gasteiger partial charge < -0.3 is 39.4 Å². The molecule has 0 bridgehead atoms. The third-order valence-corrected chi connectivity index (χ3v) is 3.91. The van der Waals surface area contributed by atoms with E-state index >= 15 is 0 Å². The summed E-state index contributed by atoms with van der Waals surface area (Å²) in [6.45, 7) is 10.1. The van der Waals surface area contributed by atoms with E-state index in [-0.39, 0.29) is 12.5 Å². The summed E-state index contributed by atoms with van der Waals surface area (Å²) in [5.74, 6) is 0.0364. The van der Waals surface area contributed by atoms with Gasteiger partial charge in [0.25, 0.3) is 0 Å². The van der Waals surface area contributed by atoms with Crippen molar-refractivity contribution >= 4 is 12.0 Å². The maximum atomic E-state index is 11.6. The fourth-order valence-electron chi connectivity index (χ4n) is 2.40. The van der Waals surface area contributed by atoms with Crippen LogP contribution in [0.15, 0.2) is 0 Å². The minimum atomic E-state index is -0.508. The molecule has 0 saturated heterocycles. The van der Waals surface area contributed by atoms with E-state index in [4.69, 9.17) is 28.8 Å². The topological polar surface area (TPSA) is 125 Å². The van der Waals surface area contributed by atoms with E-state index in [1.54, 1.807) is 0 Å². The van der Waals surface area contributed by atoms with Gasteiger partial charge in [0, 0.05) is 26.1 Å². The van der Waals surface area contributed by atoms with Crippen molar-refractivity contribution in [2.24, 2.45) is 0 Å². The molecule has 0 aliphatic heterocycles. The number of alkyl carbamates (subject to hydrolysis) is 1. The maximum Gasteiger partial charge on any atom is 0.407 e. The number of ether oxygens (including phenoxy) is 5. The van der Waals surface area contributed by atoms with Crippen LogP contribution in [0.4, 0.5) is 4.79 Å². The van der Waals surface area contributed by atoms with Crippen molar-refractivity contribution in [2.75, 3.05) is 72.6 Å². The molecule has 10 heteroatoms. The first-order valence-electron chi connectivity index (χ1n) is 11.5. The predicted octanol–water partition coefficient (Wildman–Crippen LogP) is 1.64. The smallest absolute Gasteiger partial charge is 0.407 e. The van der Waals surface area contributed by atoms with E-state index in [0.717, 1.165) is 25.7 Å². The number of nitrogens with one attached hydrogen (secondary N) is 2. The molecule has 10 nitrogen and oxygen atoms in total. The lowest BCUT2D eigenvalue weighted by molar-refractivity contribution is -0.121. The molecule has 0 saturated carbocycles. The molecule has 0 unspecified atom stereocenters. The van der Waals surface area contributed by atoms with Gasteiger partial charge in [0.2, 0.25) is 5.91 Å². The highest BCUT2D eigenvalue weighted by Crippen LogP contribution is 2.06. The number of hydrogen-bond acceptors (Lipinski definition) is 8. The molecule has 0 aromatic heterocycles. The van der Waals surface area contributed by atoms with Crippen molar-refractivity contribution in [2.45, 2.75) is 58.5 Å². The SMILES string of the molecule is CC(C)(C)OC(=O)NCCOCCOCCOCCOCCNC(=O)CCCCCCO. The van der Waals surface area contributed by atoms with Crippen molar-refractivity contribution in [1.29, 1.82) is 0 Å². The van der Waals surface area contributed by atoms with Gasteiger partial charge in [-0.3, -0.25) is 4.79 Å². The van der Waals surface area contributed by atoms with Crippen molar-refractivity contribution in [3.8, 4) is 0 Å². The summed E-state index contributed by atoms with van der Waals surface area (Å²) in [5, 5.41) is 14.1. The molecule has 2 amide bonds. The van der Waals surface area contributed by atoms with Crippen molar-refractivity contribution in [1.82, 2.24) is 10.6 Å². The number of hydrogen-bond donors (Lipinski definition) is 3. The van der Waals surface area contributed by atoms with Crippen LogP contribution in [-0.2, 0) is 28.5 Å². The fraction of sp³-hybridized carbons (Fsp3) is 0.909. The Morgan fingerprint density at radius 2 is 1.16 bits per heavy atom. The second-order valence-electron chi connectivity index (χ2n) is 8.12. The van der Waals surface area contributed by atoms with Gasteiger partial charge in [-0.15, -0.1) is 0 Å². The first kappa shape index (κ1) is 30.5. The van der Waals surface area contributed by atoms with E-state index in [1.165, 1.54) is 0 Å². The third kappa shape index (κ3) is 24.8. The Morgan fingerprint density at radius 1 is 0.688 bits per heavy atom. The van der Waals surface area contributed by atoms with Gasteiger partial charge in [-0.05, 0) is 33.6 Å². The quantitative estimate of drug-likeness (QED) is 0.219. The van der Waals surface area contributed by atoms with Crippen LogP contribution in [0.25, 0.3) is 0 Å². The number of unbranched alkanes of at least 4 members (excludes halogenated alkanes) is 3. The van der Waals surface area contributed by atoms with Gasteiger partial charge >= 0.3 is 6.09 Å². The molecule has 0 aliphatic rings. The first-order chi connectivity index (χ1) is 15.3. The second kappa shape index (κ2) is 21.4. The first-order valence-corrected chi connectivity index (χ1v) is 11.5. The van der Waals surface area contributed by atoms with E-state index in [2.05, 4.69) is 10.6 Å². The fourth-order valence-corrected chi connectivity index (χ4v) is 2.40. The second-order valence-corrected chi connectivity index (χ2v) is 8.12.